The molecule has 2 N–H and O–H groups in total. The van der Waals surface area contributed by atoms with Crippen LogP contribution in [-0.4, -0.2) is 12.1 Å². The summed E-state index contributed by atoms with van der Waals surface area (Å²) in [4.78, 5) is 4.26. The van der Waals surface area contributed by atoms with Crippen molar-refractivity contribution in [3.63, 3.8) is 0 Å². The van der Waals surface area contributed by atoms with Crippen molar-refractivity contribution in [2.45, 2.75) is 25.8 Å². The van der Waals surface area contributed by atoms with Crippen molar-refractivity contribution in [1.82, 2.24) is 4.98 Å². The van der Waals surface area contributed by atoms with Crippen LogP contribution in [-0.2, 0) is 0 Å². The fraction of sp³-hybridized carbons (Fsp3) is 0.500. The molecule has 3 nitrogen and oxygen atoms in total. The topological polar surface area (TPSA) is 48.1 Å². The largest absolute Gasteiger partial charge is 0.481 e. The summed E-state index contributed by atoms with van der Waals surface area (Å²) in [5.41, 5.74) is 6.81. The minimum atomic E-state index is 0.0279. The molecule has 0 aromatic carbocycles. The van der Waals surface area contributed by atoms with Gasteiger partial charge in [0.2, 0.25) is 5.88 Å². The summed E-state index contributed by atoms with van der Waals surface area (Å²) in [5, 5.41) is 0. The predicted octanol–water partition coefficient (Wildman–Crippen LogP) is 1.89. The maximum Gasteiger partial charge on any atom is 0.213 e. The van der Waals surface area contributed by atoms with Crippen LogP contribution in [0, 0.1) is 0 Å². The van der Waals surface area contributed by atoms with E-state index < -0.39 is 0 Å². The second kappa shape index (κ2) is 4.82. The van der Waals surface area contributed by atoms with E-state index in [1.165, 1.54) is 0 Å². The Kier molecular flexibility index (Phi) is 3.71. The highest BCUT2D eigenvalue weighted by Crippen LogP contribution is 2.15. The third-order valence-electron chi connectivity index (χ3n) is 1.93. The van der Waals surface area contributed by atoms with Gasteiger partial charge in [0.25, 0.3) is 0 Å². The van der Waals surface area contributed by atoms with Gasteiger partial charge < -0.3 is 10.5 Å². The molecule has 1 unspecified atom stereocenters. The van der Waals surface area contributed by atoms with E-state index in [1.54, 1.807) is 7.11 Å². The Bertz CT molecular complexity index is 263. The number of ether oxygens (including phenoxy) is 1. The van der Waals surface area contributed by atoms with Gasteiger partial charge in [-0.05, 0) is 12.5 Å². The lowest BCUT2D eigenvalue weighted by molar-refractivity contribution is 0.394. The van der Waals surface area contributed by atoms with Gasteiger partial charge in [0.15, 0.2) is 0 Å². The standard InChI is InChI=1S/C10H16N2O/c1-3-5-8(11)9-6-4-7-10(12-9)13-2/h4,6-8H,3,5,11H2,1-2H3. The first-order valence-corrected chi connectivity index (χ1v) is 4.54. The van der Waals surface area contributed by atoms with E-state index in [0.717, 1.165) is 18.5 Å². The van der Waals surface area contributed by atoms with Crippen LogP contribution in [0.5, 0.6) is 5.88 Å². The van der Waals surface area contributed by atoms with E-state index >= 15 is 0 Å². The summed E-state index contributed by atoms with van der Waals surface area (Å²) < 4.78 is 5.02. The smallest absolute Gasteiger partial charge is 0.213 e. The van der Waals surface area contributed by atoms with Crippen molar-refractivity contribution in [2.24, 2.45) is 5.73 Å². The molecule has 0 saturated carbocycles. The average Bonchev–Trinajstić information content (AvgIpc) is 2.18. The van der Waals surface area contributed by atoms with Crippen LogP contribution in [0.3, 0.4) is 0 Å². The van der Waals surface area contributed by atoms with E-state index in [1.807, 2.05) is 18.2 Å². The third kappa shape index (κ3) is 2.70. The molecule has 0 spiro atoms. The Labute approximate surface area is 78.9 Å². The third-order valence-corrected chi connectivity index (χ3v) is 1.93. The Morgan fingerprint density at radius 2 is 2.31 bits per heavy atom. The molecule has 0 radical (unpaired) electrons. The minimum absolute atomic E-state index is 0.0279. The van der Waals surface area contributed by atoms with Crippen molar-refractivity contribution in [2.75, 3.05) is 7.11 Å². The zero-order chi connectivity index (χ0) is 9.68. The van der Waals surface area contributed by atoms with E-state index in [9.17, 15) is 0 Å². The summed E-state index contributed by atoms with van der Waals surface area (Å²) >= 11 is 0. The molecule has 13 heavy (non-hydrogen) atoms. The molecular formula is C10H16N2O. The fourth-order valence-corrected chi connectivity index (χ4v) is 1.21. The van der Waals surface area contributed by atoms with Crippen LogP contribution in [0.15, 0.2) is 18.2 Å². The number of pyridine rings is 1. The van der Waals surface area contributed by atoms with Gasteiger partial charge in [-0.15, -0.1) is 0 Å². The molecule has 72 valence electrons. The second-order valence-electron chi connectivity index (χ2n) is 3.00. The molecule has 0 aliphatic heterocycles. The monoisotopic (exact) mass is 180 g/mol. The molecular weight excluding hydrogens is 164 g/mol. The number of aromatic nitrogens is 1. The lowest BCUT2D eigenvalue weighted by Crippen LogP contribution is -2.11. The first-order valence-electron chi connectivity index (χ1n) is 4.54. The molecule has 1 atom stereocenters. The number of nitrogens with zero attached hydrogens (tertiary/aromatic N) is 1. The van der Waals surface area contributed by atoms with Crippen LogP contribution >= 0.6 is 0 Å². The zero-order valence-corrected chi connectivity index (χ0v) is 8.16. The Morgan fingerprint density at radius 1 is 1.54 bits per heavy atom. The van der Waals surface area contributed by atoms with Gasteiger partial charge in [0.05, 0.1) is 12.8 Å². The van der Waals surface area contributed by atoms with Crippen molar-refractivity contribution in [3.05, 3.63) is 23.9 Å². The van der Waals surface area contributed by atoms with Crippen LogP contribution in [0.2, 0.25) is 0 Å². The normalized spacial score (nSPS) is 12.5. The lowest BCUT2D eigenvalue weighted by atomic mass is 10.1. The van der Waals surface area contributed by atoms with Crippen LogP contribution in [0.4, 0.5) is 0 Å². The Hall–Kier alpha value is -1.09. The number of hydrogen-bond donors (Lipinski definition) is 1. The van der Waals surface area contributed by atoms with Crippen LogP contribution in [0.25, 0.3) is 0 Å². The second-order valence-corrected chi connectivity index (χ2v) is 3.00. The summed E-state index contributed by atoms with van der Waals surface area (Å²) in [6.07, 6.45) is 2.03. The van der Waals surface area contributed by atoms with Crippen LogP contribution in [0.1, 0.15) is 31.5 Å². The first-order chi connectivity index (χ1) is 6.27. The first kappa shape index (κ1) is 9.99. The molecule has 0 aliphatic carbocycles. The maximum absolute atomic E-state index is 5.91. The van der Waals surface area contributed by atoms with Gasteiger partial charge in [0.1, 0.15) is 0 Å². The maximum atomic E-state index is 5.91. The molecule has 1 heterocycles. The van der Waals surface area contributed by atoms with Crippen molar-refractivity contribution < 1.29 is 4.74 Å². The fourth-order valence-electron chi connectivity index (χ4n) is 1.21. The summed E-state index contributed by atoms with van der Waals surface area (Å²) in [5.74, 6) is 0.629. The quantitative estimate of drug-likeness (QED) is 0.769. The molecule has 0 bridgehead atoms. The summed E-state index contributed by atoms with van der Waals surface area (Å²) in [6.45, 7) is 2.11. The van der Waals surface area contributed by atoms with Crippen molar-refractivity contribution >= 4 is 0 Å². The SMILES string of the molecule is CCCC(N)c1cccc(OC)n1. The van der Waals surface area contributed by atoms with Crippen molar-refractivity contribution in [3.8, 4) is 5.88 Å². The number of nitrogens with two attached hydrogens (primary N) is 1. The summed E-state index contributed by atoms with van der Waals surface area (Å²) in [7, 11) is 1.61. The lowest BCUT2D eigenvalue weighted by Gasteiger charge is -2.10. The Morgan fingerprint density at radius 3 is 2.92 bits per heavy atom. The van der Waals surface area contributed by atoms with Crippen molar-refractivity contribution in [1.29, 1.82) is 0 Å². The number of rotatable bonds is 4. The highest BCUT2D eigenvalue weighted by Gasteiger charge is 2.06. The van der Waals surface area contributed by atoms with Gasteiger partial charge in [0, 0.05) is 12.1 Å². The molecule has 0 amide bonds. The highest BCUT2D eigenvalue weighted by molar-refractivity contribution is 5.17. The highest BCUT2D eigenvalue weighted by atomic mass is 16.5. The van der Waals surface area contributed by atoms with Gasteiger partial charge in [-0.2, -0.15) is 0 Å². The molecule has 0 saturated heterocycles. The summed E-state index contributed by atoms with van der Waals surface area (Å²) in [6, 6.07) is 5.70. The predicted molar refractivity (Wildman–Crippen MR) is 52.6 cm³/mol. The van der Waals surface area contributed by atoms with Gasteiger partial charge in [-0.1, -0.05) is 19.4 Å². The number of methoxy groups -OCH3 is 1. The van der Waals surface area contributed by atoms with E-state index in [4.69, 9.17) is 10.5 Å². The van der Waals surface area contributed by atoms with Gasteiger partial charge >= 0.3 is 0 Å². The molecule has 1 rings (SSSR count). The van der Waals surface area contributed by atoms with E-state index in [-0.39, 0.29) is 6.04 Å². The van der Waals surface area contributed by atoms with Gasteiger partial charge in [-0.25, -0.2) is 4.98 Å². The molecule has 0 aliphatic rings. The zero-order valence-electron chi connectivity index (χ0n) is 8.16. The van der Waals surface area contributed by atoms with E-state index in [0.29, 0.717) is 5.88 Å². The minimum Gasteiger partial charge on any atom is -0.481 e. The molecule has 0 fully saturated rings. The van der Waals surface area contributed by atoms with Crippen LogP contribution < -0.4 is 10.5 Å². The Balaban J connectivity index is 2.75. The molecule has 3 heteroatoms. The van der Waals surface area contributed by atoms with Gasteiger partial charge in [-0.3, -0.25) is 0 Å². The average molecular weight is 180 g/mol. The number of hydrogen-bond acceptors (Lipinski definition) is 3. The molecule has 1 aromatic rings. The van der Waals surface area contributed by atoms with E-state index in [2.05, 4.69) is 11.9 Å². The molecule has 1 aromatic heterocycles.